The molecule has 0 saturated heterocycles. The van der Waals surface area contributed by atoms with Gasteiger partial charge in [0.1, 0.15) is 23.3 Å². The van der Waals surface area contributed by atoms with E-state index in [0.717, 1.165) is 12.2 Å². The van der Waals surface area contributed by atoms with Gasteiger partial charge < -0.3 is 9.47 Å². The highest BCUT2D eigenvalue weighted by Gasteiger charge is 2.12. The molecule has 0 aromatic heterocycles. The lowest BCUT2D eigenvalue weighted by molar-refractivity contribution is -0.141. The van der Waals surface area contributed by atoms with Gasteiger partial charge in [0.05, 0.1) is 25.4 Å². The zero-order chi connectivity index (χ0) is 19.9. The minimum Gasteiger partial charge on any atom is -0.462 e. The van der Waals surface area contributed by atoms with E-state index in [9.17, 15) is 9.59 Å². The monoisotopic (exact) mass is 350 g/mol. The number of rotatable bonds is 9. The Balaban J connectivity index is 4.27. The molecule has 0 fully saturated rings. The molecular weight excluding hydrogens is 336 g/mol. The van der Waals surface area contributed by atoms with Gasteiger partial charge in [0.15, 0.2) is 0 Å². The number of unbranched alkanes of at least 4 members (excludes halogenated alkanes) is 1. The molecule has 0 aromatic carbocycles. The van der Waals surface area contributed by atoms with Crippen molar-refractivity contribution in [3.8, 4) is 24.3 Å². The summed E-state index contributed by atoms with van der Waals surface area (Å²) in [5.74, 6) is -1.77. The van der Waals surface area contributed by atoms with Gasteiger partial charge in [0.2, 0.25) is 0 Å². The molecule has 0 saturated carbocycles. The van der Waals surface area contributed by atoms with Crippen LogP contribution in [0, 0.1) is 45.3 Å². The lowest BCUT2D eigenvalue weighted by Crippen LogP contribution is -2.11. The van der Waals surface area contributed by atoms with E-state index in [0.29, 0.717) is 12.8 Å². The Bertz CT molecular complexity index is 753. The van der Waals surface area contributed by atoms with Crippen molar-refractivity contribution in [2.45, 2.75) is 12.8 Å². The first-order valence-corrected chi connectivity index (χ1v) is 7.15. The molecular formula is C18H14N4O4. The maximum Gasteiger partial charge on any atom is 0.348 e. The summed E-state index contributed by atoms with van der Waals surface area (Å²) in [6.45, 7) is 6.60. The van der Waals surface area contributed by atoms with Crippen LogP contribution in [0.2, 0.25) is 0 Å². The highest BCUT2D eigenvalue weighted by atomic mass is 16.5. The molecule has 0 N–H and O–H groups in total. The molecule has 0 atom stereocenters. The lowest BCUT2D eigenvalue weighted by Gasteiger charge is -2.05. The molecule has 0 aliphatic heterocycles. The smallest absolute Gasteiger partial charge is 0.348 e. The predicted molar refractivity (Wildman–Crippen MR) is 88.1 cm³/mol. The fourth-order valence-corrected chi connectivity index (χ4v) is 1.38. The zero-order valence-corrected chi connectivity index (χ0v) is 13.8. The number of carbonyl (C=O) groups excluding carboxylic acids is 2. The van der Waals surface area contributed by atoms with Crippen LogP contribution in [-0.2, 0) is 19.1 Å². The van der Waals surface area contributed by atoms with Crippen LogP contribution in [0.4, 0.5) is 0 Å². The second kappa shape index (κ2) is 12.3. The Morgan fingerprint density at radius 1 is 0.731 bits per heavy atom. The van der Waals surface area contributed by atoms with Crippen LogP contribution in [0.15, 0.2) is 47.6 Å². The first kappa shape index (κ1) is 21.9. The van der Waals surface area contributed by atoms with E-state index in [1.807, 2.05) is 0 Å². The van der Waals surface area contributed by atoms with Gasteiger partial charge in [-0.15, -0.1) is 0 Å². The summed E-state index contributed by atoms with van der Waals surface area (Å²) in [5, 5.41) is 34.7. The quantitative estimate of drug-likeness (QED) is 0.201. The molecule has 0 rings (SSSR count). The Hall–Kier alpha value is -4.14. The van der Waals surface area contributed by atoms with Crippen molar-refractivity contribution in [3.63, 3.8) is 0 Å². The minimum absolute atomic E-state index is 0.0272. The average molecular weight is 350 g/mol. The van der Waals surface area contributed by atoms with Crippen molar-refractivity contribution < 1.29 is 19.1 Å². The molecule has 0 spiro atoms. The van der Waals surface area contributed by atoms with Crippen molar-refractivity contribution in [3.05, 3.63) is 47.6 Å². The van der Waals surface area contributed by atoms with E-state index in [1.54, 1.807) is 24.3 Å². The average Bonchev–Trinajstić information content (AvgIpc) is 2.65. The molecule has 0 bridgehead atoms. The second-order valence-electron chi connectivity index (χ2n) is 4.59. The van der Waals surface area contributed by atoms with Gasteiger partial charge >= 0.3 is 11.9 Å². The second-order valence-corrected chi connectivity index (χ2v) is 4.59. The van der Waals surface area contributed by atoms with Crippen LogP contribution in [0.5, 0.6) is 0 Å². The van der Waals surface area contributed by atoms with Crippen LogP contribution in [0.3, 0.4) is 0 Å². The highest BCUT2D eigenvalue weighted by Crippen LogP contribution is 2.05. The predicted octanol–water partition coefficient (Wildman–Crippen LogP) is 1.91. The van der Waals surface area contributed by atoms with Crippen molar-refractivity contribution in [2.24, 2.45) is 0 Å². The summed E-state index contributed by atoms with van der Waals surface area (Å²) < 4.78 is 9.70. The van der Waals surface area contributed by atoms with Crippen LogP contribution in [0.1, 0.15) is 12.8 Å². The molecule has 26 heavy (non-hydrogen) atoms. The summed E-state index contributed by atoms with van der Waals surface area (Å²) in [6.07, 6.45) is 2.73. The van der Waals surface area contributed by atoms with Gasteiger partial charge in [-0.1, -0.05) is 13.2 Å². The van der Waals surface area contributed by atoms with Gasteiger partial charge in [-0.2, -0.15) is 21.0 Å². The number of hydrogen-bond acceptors (Lipinski definition) is 8. The molecule has 8 nitrogen and oxygen atoms in total. The minimum atomic E-state index is -0.884. The zero-order valence-electron chi connectivity index (χ0n) is 13.8. The van der Waals surface area contributed by atoms with Crippen molar-refractivity contribution in [1.29, 1.82) is 21.0 Å². The number of esters is 2. The number of hydrogen-bond donors (Lipinski definition) is 0. The van der Waals surface area contributed by atoms with E-state index >= 15 is 0 Å². The standard InChI is InChI=1S/C18H14N4O4/c1-13(9-19)7-15(11-21)17(23)25-5-3-4-6-26-18(24)16(12-22)8-14(2)10-20/h7-8H,1-6H2. The van der Waals surface area contributed by atoms with Gasteiger partial charge in [-0.25, -0.2) is 9.59 Å². The first-order valence-electron chi connectivity index (χ1n) is 7.15. The van der Waals surface area contributed by atoms with Crippen molar-refractivity contribution in [1.82, 2.24) is 0 Å². The number of carbonyl (C=O) groups is 2. The Labute approximate surface area is 150 Å². The van der Waals surface area contributed by atoms with Gasteiger partial charge in [0.25, 0.3) is 0 Å². The van der Waals surface area contributed by atoms with E-state index < -0.39 is 11.9 Å². The van der Waals surface area contributed by atoms with Crippen LogP contribution in [-0.4, -0.2) is 25.2 Å². The summed E-state index contributed by atoms with van der Waals surface area (Å²) in [7, 11) is 0. The first-order chi connectivity index (χ1) is 12.4. The maximum atomic E-state index is 11.6. The summed E-state index contributed by atoms with van der Waals surface area (Å²) in [4.78, 5) is 23.2. The molecule has 130 valence electrons. The van der Waals surface area contributed by atoms with Gasteiger partial charge in [-0.05, 0) is 25.0 Å². The number of allylic oxidation sites excluding steroid dienone is 4. The summed E-state index contributed by atoms with van der Waals surface area (Å²) >= 11 is 0. The Morgan fingerprint density at radius 2 is 1.08 bits per heavy atom. The molecule has 0 aliphatic rings. The maximum absolute atomic E-state index is 11.6. The fraction of sp³-hybridized carbons (Fsp3) is 0.222. The molecule has 0 radical (unpaired) electrons. The molecule has 0 aromatic rings. The van der Waals surface area contributed by atoms with Crippen molar-refractivity contribution in [2.75, 3.05) is 13.2 Å². The van der Waals surface area contributed by atoms with Crippen LogP contribution in [0.25, 0.3) is 0 Å². The van der Waals surface area contributed by atoms with E-state index in [4.69, 9.17) is 30.5 Å². The van der Waals surface area contributed by atoms with E-state index in [1.165, 1.54) is 0 Å². The molecule has 0 heterocycles. The highest BCUT2D eigenvalue weighted by molar-refractivity contribution is 5.94. The topological polar surface area (TPSA) is 148 Å². The number of nitrogens with zero attached hydrogens (tertiary/aromatic N) is 4. The largest absolute Gasteiger partial charge is 0.462 e. The molecule has 0 unspecified atom stereocenters. The SMILES string of the molecule is C=C(C#N)C=C(C#N)C(=O)OCCCCOC(=O)C(C#N)=CC(=C)C#N. The van der Waals surface area contributed by atoms with Gasteiger partial charge in [0, 0.05) is 11.1 Å². The third-order valence-electron chi connectivity index (χ3n) is 2.61. The van der Waals surface area contributed by atoms with Gasteiger partial charge in [-0.3, -0.25) is 0 Å². The summed E-state index contributed by atoms with van der Waals surface area (Å²) in [6, 6.07) is 6.58. The normalized spacial score (nSPS) is 10.3. The number of nitriles is 4. The molecule has 0 amide bonds. The Kier molecular flexibility index (Phi) is 10.3. The lowest BCUT2D eigenvalue weighted by atomic mass is 10.2. The van der Waals surface area contributed by atoms with Crippen LogP contribution < -0.4 is 0 Å². The van der Waals surface area contributed by atoms with E-state index in [-0.39, 0.29) is 35.5 Å². The van der Waals surface area contributed by atoms with E-state index in [2.05, 4.69) is 13.2 Å². The summed E-state index contributed by atoms with van der Waals surface area (Å²) in [5.41, 5.74) is -0.786. The Morgan fingerprint density at radius 3 is 1.35 bits per heavy atom. The van der Waals surface area contributed by atoms with Crippen LogP contribution >= 0.6 is 0 Å². The molecule has 8 heteroatoms. The number of ether oxygens (including phenoxy) is 2. The third-order valence-corrected chi connectivity index (χ3v) is 2.61. The molecule has 0 aliphatic carbocycles. The fourth-order valence-electron chi connectivity index (χ4n) is 1.38. The van der Waals surface area contributed by atoms with Crippen molar-refractivity contribution >= 4 is 11.9 Å². The third kappa shape index (κ3) is 8.48.